The third-order valence-corrected chi connectivity index (χ3v) is 7.59. The van der Waals surface area contributed by atoms with Gasteiger partial charge >= 0.3 is 5.97 Å². The summed E-state index contributed by atoms with van der Waals surface area (Å²) in [5.74, 6) is 0.267. The van der Waals surface area contributed by atoms with E-state index in [2.05, 4.69) is 23.1 Å². The number of ether oxygens (including phenoxy) is 2. The Kier molecular flexibility index (Phi) is 7.16. The molecule has 8 nitrogen and oxygen atoms in total. The predicted molar refractivity (Wildman–Crippen MR) is 158 cm³/mol. The van der Waals surface area contributed by atoms with Crippen molar-refractivity contribution < 1.29 is 14.3 Å². The van der Waals surface area contributed by atoms with Gasteiger partial charge in [-0.3, -0.25) is 0 Å². The molecule has 0 N–H and O–H groups in total. The second kappa shape index (κ2) is 10.9. The monoisotopic (exact) mass is 553 g/mol. The number of aromatic nitrogens is 4. The predicted octanol–water partition coefficient (Wildman–Crippen LogP) is 6.03. The molecule has 4 heterocycles. The summed E-state index contributed by atoms with van der Waals surface area (Å²) in [6, 6.07) is 21.8. The Morgan fingerprint density at radius 1 is 0.975 bits per heavy atom. The highest BCUT2D eigenvalue weighted by atomic mass is 32.2. The maximum Gasteiger partial charge on any atom is 0.338 e. The molecule has 204 valence electrons. The van der Waals surface area contributed by atoms with E-state index in [1.807, 2.05) is 67.9 Å². The van der Waals surface area contributed by atoms with E-state index in [0.717, 1.165) is 57.3 Å². The van der Waals surface area contributed by atoms with Gasteiger partial charge in [-0.2, -0.15) is 5.10 Å². The molecule has 40 heavy (non-hydrogen) atoms. The van der Waals surface area contributed by atoms with Crippen LogP contribution in [0.2, 0.25) is 0 Å². The van der Waals surface area contributed by atoms with E-state index in [1.165, 1.54) is 0 Å². The van der Waals surface area contributed by atoms with Crippen LogP contribution in [0.3, 0.4) is 0 Å². The minimum Gasteiger partial charge on any atom is -0.456 e. The fraction of sp³-hybridized carbons (Fsp3) is 0.290. The molecule has 0 amide bonds. The standard InChI is InChI=1S/C31H31N5O3S/c1-31(2,3)39-30(37)23-10-8-22(9-11-23)28-25(20-40-27-13-12-21-6-4-5-7-24(21)33-27)34-29-26(14-15-32-36(28)29)35-16-18-38-19-17-35/h4-15H,16-20H2,1-3H3. The average molecular weight is 554 g/mol. The number of imidazole rings is 1. The average Bonchev–Trinajstić information content (AvgIpc) is 3.34. The fourth-order valence-corrected chi connectivity index (χ4v) is 5.60. The number of hydrogen-bond acceptors (Lipinski definition) is 8. The van der Waals surface area contributed by atoms with Crippen LogP contribution in [0.25, 0.3) is 27.8 Å². The van der Waals surface area contributed by atoms with Crippen molar-refractivity contribution in [1.29, 1.82) is 0 Å². The summed E-state index contributed by atoms with van der Waals surface area (Å²) in [6.45, 7) is 8.57. The summed E-state index contributed by atoms with van der Waals surface area (Å²) in [5, 5.41) is 6.76. The highest BCUT2D eigenvalue weighted by molar-refractivity contribution is 7.98. The van der Waals surface area contributed by atoms with Gasteiger partial charge in [0.05, 0.1) is 52.6 Å². The van der Waals surface area contributed by atoms with Gasteiger partial charge in [-0.05, 0) is 51.1 Å². The van der Waals surface area contributed by atoms with E-state index in [9.17, 15) is 4.79 Å². The second-order valence-electron chi connectivity index (χ2n) is 10.7. The Labute approximate surface area is 237 Å². The number of carbonyl (C=O) groups excluding carboxylic acids is 1. The smallest absolute Gasteiger partial charge is 0.338 e. The van der Waals surface area contributed by atoms with Gasteiger partial charge in [0, 0.05) is 29.8 Å². The molecule has 1 aliphatic rings. The third kappa shape index (κ3) is 5.52. The fourth-order valence-electron chi connectivity index (χ4n) is 4.79. The zero-order valence-electron chi connectivity index (χ0n) is 22.8. The van der Waals surface area contributed by atoms with E-state index in [0.29, 0.717) is 24.5 Å². The van der Waals surface area contributed by atoms with Gasteiger partial charge in [-0.15, -0.1) is 0 Å². The number of pyridine rings is 1. The van der Waals surface area contributed by atoms with Crippen LogP contribution in [0, 0.1) is 0 Å². The van der Waals surface area contributed by atoms with Crippen LogP contribution in [0.4, 0.5) is 5.69 Å². The lowest BCUT2D eigenvalue weighted by molar-refractivity contribution is 0.00695. The van der Waals surface area contributed by atoms with Crippen LogP contribution >= 0.6 is 11.8 Å². The lowest BCUT2D eigenvalue weighted by Crippen LogP contribution is -2.36. The Balaban J connectivity index is 1.38. The van der Waals surface area contributed by atoms with Crippen LogP contribution in [-0.2, 0) is 15.2 Å². The molecular weight excluding hydrogens is 522 g/mol. The van der Waals surface area contributed by atoms with Crippen molar-refractivity contribution in [1.82, 2.24) is 19.6 Å². The van der Waals surface area contributed by atoms with Crippen molar-refractivity contribution in [2.75, 3.05) is 31.2 Å². The molecule has 9 heteroatoms. The normalized spacial score (nSPS) is 14.1. The van der Waals surface area contributed by atoms with Crippen molar-refractivity contribution in [2.24, 2.45) is 0 Å². The molecule has 0 atom stereocenters. The highest BCUT2D eigenvalue weighted by Gasteiger charge is 2.23. The molecule has 1 aliphatic heterocycles. The molecule has 1 saturated heterocycles. The molecule has 0 radical (unpaired) electrons. The van der Waals surface area contributed by atoms with E-state index in [1.54, 1.807) is 23.9 Å². The number of esters is 1. The van der Waals surface area contributed by atoms with E-state index in [-0.39, 0.29) is 5.97 Å². The summed E-state index contributed by atoms with van der Waals surface area (Å²) in [4.78, 5) is 24.9. The molecule has 6 rings (SSSR count). The topological polar surface area (TPSA) is 81.8 Å². The summed E-state index contributed by atoms with van der Waals surface area (Å²) in [5.41, 5.74) is 5.48. The molecule has 3 aromatic heterocycles. The molecular formula is C31H31N5O3S. The van der Waals surface area contributed by atoms with Crippen LogP contribution in [-0.4, -0.2) is 57.5 Å². The van der Waals surface area contributed by atoms with Gasteiger partial charge < -0.3 is 14.4 Å². The summed E-state index contributed by atoms with van der Waals surface area (Å²) >= 11 is 1.65. The first kappa shape index (κ1) is 26.3. The molecule has 1 fully saturated rings. The maximum absolute atomic E-state index is 12.6. The summed E-state index contributed by atoms with van der Waals surface area (Å²) in [7, 11) is 0. The number of rotatable bonds is 6. The molecule has 0 bridgehead atoms. The number of hydrogen-bond donors (Lipinski definition) is 0. The van der Waals surface area contributed by atoms with Crippen molar-refractivity contribution in [3.8, 4) is 11.3 Å². The Morgan fingerprint density at radius 2 is 1.75 bits per heavy atom. The summed E-state index contributed by atoms with van der Waals surface area (Å²) in [6.07, 6.45) is 1.82. The largest absolute Gasteiger partial charge is 0.456 e. The van der Waals surface area contributed by atoms with Gasteiger partial charge in [-0.1, -0.05) is 48.2 Å². The zero-order valence-corrected chi connectivity index (χ0v) is 23.6. The first-order chi connectivity index (χ1) is 19.4. The Hall–Kier alpha value is -3.95. The molecule has 0 aliphatic carbocycles. The lowest BCUT2D eigenvalue weighted by Gasteiger charge is -2.28. The van der Waals surface area contributed by atoms with Crippen LogP contribution < -0.4 is 4.90 Å². The second-order valence-corrected chi connectivity index (χ2v) is 11.7. The van der Waals surface area contributed by atoms with Crippen LogP contribution in [0.15, 0.2) is 78.0 Å². The van der Waals surface area contributed by atoms with Crippen molar-refractivity contribution in [3.05, 3.63) is 84.2 Å². The molecule has 0 unspecified atom stereocenters. The van der Waals surface area contributed by atoms with Gasteiger partial charge in [-0.25, -0.2) is 19.3 Å². The van der Waals surface area contributed by atoms with Crippen molar-refractivity contribution >= 4 is 40.0 Å². The number of carbonyl (C=O) groups is 1. The van der Waals surface area contributed by atoms with Gasteiger partial charge in [0.2, 0.25) is 0 Å². The molecule has 0 saturated carbocycles. The number of nitrogens with zero attached hydrogens (tertiary/aromatic N) is 5. The number of fused-ring (bicyclic) bond motifs is 2. The number of morpholine rings is 1. The van der Waals surface area contributed by atoms with E-state index >= 15 is 0 Å². The Bertz CT molecular complexity index is 1670. The molecule has 5 aromatic rings. The lowest BCUT2D eigenvalue weighted by atomic mass is 10.1. The first-order valence-corrected chi connectivity index (χ1v) is 14.4. The van der Waals surface area contributed by atoms with E-state index in [4.69, 9.17) is 24.5 Å². The zero-order chi connectivity index (χ0) is 27.7. The number of para-hydroxylation sites is 1. The number of thioether (sulfide) groups is 1. The van der Waals surface area contributed by atoms with Crippen molar-refractivity contribution in [2.45, 2.75) is 37.2 Å². The summed E-state index contributed by atoms with van der Waals surface area (Å²) < 4.78 is 13.0. The van der Waals surface area contributed by atoms with Crippen molar-refractivity contribution in [3.63, 3.8) is 0 Å². The van der Waals surface area contributed by atoms with Gasteiger partial charge in [0.1, 0.15) is 5.60 Å². The van der Waals surface area contributed by atoms with E-state index < -0.39 is 5.60 Å². The van der Waals surface area contributed by atoms with Gasteiger partial charge in [0.15, 0.2) is 5.65 Å². The SMILES string of the molecule is CC(C)(C)OC(=O)c1ccc(-c2c(CSc3ccc4ccccc4n3)nc3c(N4CCOCC4)ccnn23)cc1. The number of benzene rings is 2. The quantitative estimate of drug-likeness (QED) is 0.186. The van der Waals surface area contributed by atoms with Gasteiger partial charge in [0.25, 0.3) is 0 Å². The highest BCUT2D eigenvalue weighted by Crippen LogP contribution is 2.33. The maximum atomic E-state index is 12.6. The first-order valence-electron chi connectivity index (χ1n) is 13.4. The molecule has 2 aromatic carbocycles. The minimum atomic E-state index is -0.557. The molecule has 0 spiro atoms. The Morgan fingerprint density at radius 3 is 2.52 bits per heavy atom. The van der Waals surface area contributed by atoms with Crippen LogP contribution in [0.5, 0.6) is 0 Å². The third-order valence-electron chi connectivity index (χ3n) is 6.64. The van der Waals surface area contributed by atoms with Crippen LogP contribution in [0.1, 0.15) is 36.8 Å². The minimum absolute atomic E-state index is 0.344. The number of anilines is 1.